The third kappa shape index (κ3) is 5.24. The van der Waals surface area contributed by atoms with Gasteiger partial charge >= 0.3 is 0 Å². The number of allylic oxidation sites excluding steroid dienone is 1. The van der Waals surface area contributed by atoms with Crippen molar-refractivity contribution in [2.45, 2.75) is 18.3 Å². The van der Waals surface area contributed by atoms with Crippen molar-refractivity contribution in [3.05, 3.63) is 36.7 Å². The second kappa shape index (κ2) is 9.83. The number of nitrogens with one attached hydrogen (secondary N) is 1. The third-order valence-corrected chi connectivity index (χ3v) is 4.31. The molecule has 0 atom stereocenters. The minimum Gasteiger partial charge on any atom is -0.497 e. The van der Waals surface area contributed by atoms with E-state index in [4.69, 9.17) is 14.2 Å². The summed E-state index contributed by atoms with van der Waals surface area (Å²) in [6, 6.07) is 5.18. The number of carbonyl (C=O) groups is 1. The number of anilines is 1. The Kier molecular flexibility index (Phi) is 7.49. The van der Waals surface area contributed by atoms with E-state index in [9.17, 15) is 4.79 Å². The lowest BCUT2D eigenvalue weighted by molar-refractivity contribution is -0.113. The molecule has 0 spiro atoms. The van der Waals surface area contributed by atoms with Crippen molar-refractivity contribution in [3.63, 3.8) is 0 Å². The Labute approximate surface area is 156 Å². The van der Waals surface area contributed by atoms with Crippen LogP contribution in [0.3, 0.4) is 0 Å². The average Bonchev–Trinajstić information content (AvgIpc) is 3.02. The number of amides is 1. The maximum atomic E-state index is 12.3. The monoisotopic (exact) mass is 378 g/mol. The molecule has 1 amide bonds. The van der Waals surface area contributed by atoms with Crippen LogP contribution >= 0.6 is 11.8 Å². The molecule has 2 rings (SSSR count). The lowest BCUT2D eigenvalue weighted by Crippen LogP contribution is -2.15. The molecule has 0 saturated heterocycles. The molecule has 8 nitrogen and oxygen atoms in total. The fourth-order valence-electron chi connectivity index (χ4n) is 2.18. The smallest absolute Gasteiger partial charge is 0.234 e. The summed E-state index contributed by atoms with van der Waals surface area (Å²) in [5.41, 5.74) is 0.597. The average molecular weight is 378 g/mol. The minimum atomic E-state index is -0.174. The Hall–Kier alpha value is -2.52. The van der Waals surface area contributed by atoms with E-state index in [0.717, 1.165) is 0 Å². The van der Waals surface area contributed by atoms with Gasteiger partial charge in [0.25, 0.3) is 0 Å². The van der Waals surface area contributed by atoms with Crippen molar-refractivity contribution in [1.82, 2.24) is 14.8 Å². The second-order valence-electron chi connectivity index (χ2n) is 5.17. The molecular formula is C17H22N4O4S. The van der Waals surface area contributed by atoms with Gasteiger partial charge < -0.3 is 24.1 Å². The van der Waals surface area contributed by atoms with Gasteiger partial charge in [0.2, 0.25) is 5.91 Å². The molecule has 0 fully saturated rings. The minimum absolute atomic E-state index is 0.174. The summed E-state index contributed by atoms with van der Waals surface area (Å²) in [4.78, 5) is 12.3. The highest BCUT2D eigenvalue weighted by atomic mass is 32.2. The second-order valence-corrected chi connectivity index (χ2v) is 6.11. The number of rotatable bonds is 10. The summed E-state index contributed by atoms with van der Waals surface area (Å²) in [5.74, 6) is 1.89. The van der Waals surface area contributed by atoms with Crippen molar-refractivity contribution in [2.24, 2.45) is 0 Å². The van der Waals surface area contributed by atoms with Gasteiger partial charge in [-0.1, -0.05) is 17.8 Å². The van der Waals surface area contributed by atoms with E-state index in [1.807, 2.05) is 4.57 Å². The van der Waals surface area contributed by atoms with Gasteiger partial charge in [-0.25, -0.2) is 0 Å². The summed E-state index contributed by atoms with van der Waals surface area (Å²) in [6.45, 7) is 4.62. The van der Waals surface area contributed by atoms with E-state index in [1.54, 1.807) is 45.6 Å². The van der Waals surface area contributed by atoms with Gasteiger partial charge in [-0.05, 0) is 0 Å². The maximum absolute atomic E-state index is 12.3. The molecule has 1 aromatic carbocycles. The Bertz CT molecular complexity index is 741. The highest BCUT2D eigenvalue weighted by Crippen LogP contribution is 2.26. The van der Waals surface area contributed by atoms with Gasteiger partial charge in [0.05, 0.1) is 20.0 Å². The van der Waals surface area contributed by atoms with Crippen molar-refractivity contribution >= 4 is 23.4 Å². The first-order valence-electron chi connectivity index (χ1n) is 7.78. The SMILES string of the molecule is C=CCn1c(COC)nnc1SCC(=O)Nc1cc(OC)cc(OC)c1. The Balaban J connectivity index is 2.02. The molecule has 26 heavy (non-hydrogen) atoms. The molecule has 0 radical (unpaired) electrons. The fourth-order valence-corrected chi connectivity index (χ4v) is 2.95. The van der Waals surface area contributed by atoms with E-state index < -0.39 is 0 Å². The predicted octanol–water partition coefficient (Wildman–Crippen LogP) is 2.36. The normalized spacial score (nSPS) is 10.4. The summed E-state index contributed by atoms with van der Waals surface area (Å²) >= 11 is 1.29. The molecule has 140 valence electrons. The van der Waals surface area contributed by atoms with Crippen molar-refractivity contribution in [3.8, 4) is 11.5 Å². The van der Waals surface area contributed by atoms with E-state index in [0.29, 0.717) is 41.3 Å². The number of hydrogen-bond donors (Lipinski definition) is 1. The Morgan fingerprint density at radius 3 is 2.50 bits per heavy atom. The molecule has 1 aromatic heterocycles. The van der Waals surface area contributed by atoms with E-state index in [1.165, 1.54) is 11.8 Å². The van der Waals surface area contributed by atoms with Crippen molar-refractivity contribution < 1.29 is 19.0 Å². The quantitative estimate of drug-likeness (QED) is 0.501. The lowest BCUT2D eigenvalue weighted by Gasteiger charge is -2.10. The van der Waals surface area contributed by atoms with Crippen LogP contribution in [0.2, 0.25) is 0 Å². The Morgan fingerprint density at radius 2 is 1.92 bits per heavy atom. The van der Waals surface area contributed by atoms with Crippen molar-refractivity contribution in [2.75, 3.05) is 32.4 Å². The van der Waals surface area contributed by atoms with Crippen LogP contribution in [0.1, 0.15) is 5.82 Å². The number of methoxy groups -OCH3 is 3. The number of benzene rings is 1. The fraction of sp³-hybridized carbons (Fsp3) is 0.353. The van der Waals surface area contributed by atoms with Crippen LogP contribution in [0.5, 0.6) is 11.5 Å². The largest absolute Gasteiger partial charge is 0.497 e. The molecule has 0 aliphatic heterocycles. The summed E-state index contributed by atoms with van der Waals surface area (Å²) in [7, 11) is 4.70. The Morgan fingerprint density at radius 1 is 1.23 bits per heavy atom. The topological polar surface area (TPSA) is 87.5 Å². The number of aromatic nitrogens is 3. The lowest BCUT2D eigenvalue weighted by atomic mass is 10.2. The standard InChI is InChI=1S/C17H22N4O4S/c1-5-6-21-15(10-23-2)19-20-17(21)26-11-16(22)18-12-7-13(24-3)9-14(8-12)25-4/h5,7-9H,1,6,10-11H2,2-4H3,(H,18,22). The number of ether oxygens (including phenoxy) is 3. The molecule has 0 bridgehead atoms. The molecule has 0 aliphatic rings. The molecule has 9 heteroatoms. The summed E-state index contributed by atoms with van der Waals surface area (Å²) in [5, 5.41) is 11.7. The summed E-state index contributed by atoms with van der Waals surface area (Å²) in [6.07, 6.45) is 1.75. The number of carbonyl (C=O) groups excluding carboxylic acids is 1. The van der Waals surface area contributed by atoms with Crippen LogP contribution in [-0.4, -0.2) is 47.8 Å². The number of hydrogen-bond acceptors (Lipinski definition) is 7. The van der Waals surface area contributed by atoms with Gasteiger partial charge in [0.1, 0.15) is 18.1 Å². The van der Waals surface area contributed by atoms with Crippen molar-refractivity contribution in [1.29, 1.82) is 0 Å². The molecule has 1 N–H and O–H groups in total. The van der Waals surface area contributed by atoms with Crippen LogP contribution in [0.15, 0.2) is 36.0 Å². The van der Waals surface area contributed by atoms with Crippen LogP contribution in [-0.2, 0) is 22.7 Å². The first-order chi connectivity index (χ1) is 12.6. The summed E-state index contributed by atoms with van der Waals surface area (Å²) < 4.78 is 17.4. The highest BCUT2D eigenvalue weighted by Gasteiger charge is 2.14. The van der Waals surface area contributed by atoms with E-state index in [2.05, 4.69) is 22.1 Å². The van der Waals surface area contributed by atoms with Crippen LogP contribution in [0, 0.1) is 0 Å². The van der Waals surface area contributed by atoms with Gasteiger partial charge in [-0.15, -0.1) is 16.8 Å². The first-order valence-corrected chi connectivity index (χ1v) is 8.77. The molecule has 0 aliphatic carbocycles. The van der Waals surface area contributed by atoms with Crippen LogP contribution in [0.4, 0.5) is 5.69 Å². The zero-order valence-electron chi connectivity index (χ0n) is 15.0. The molecule has 0 saturated carbocycles. The third-order valence-electron chi connectivity index (χ3n) is 3.35. The van der Waals surface area contributed by atoms with Gasteiger partial charge in [-0.2, -0.15) is 0 Å². The van der Waals surface area contributed by atoms with Crippen LogP contribution < -0.4 is 14.8 Å². The number of thioether (sulfide) groups is 1. The molecular weight excluding hydrogens is 356 g/mol. The van der Waals surface area contributed by atoms with Gasteiger partial charge in [0, 0.05) is 37.5 Å². The van der Waals surface area contributed by atoms with Gasteiger partial charge in [0.15, 0.2) is 11.0 Å². The first kappa shape index (κ1) is 19.8. The highest BCUT2D eigenvalue weighted by molar-refractivity contribution is 7.99. The molecule has 2 aromatic rings. The van der Waals surface area contributed by atoms with E-state index in [-0.39, 0.29) is 11.7 Å². The molecule has 0 unspecified atom stereocenters. The number of nitrogens with zero attached hydrogens (tertiary/aromatic N) is 3. The zero-order chi connectivity index (χ0) is 18.9. The predicted molar refractivity (Wildman–Crippen MR) is 99.8 cm³/mol. The maximum Gasteiger partial charge on any atom is 0.234 e. The van der Waals surface area contributed by atoms with Crippen LogP contribution in [0.25, 0.3) is 0 Å². The zero-order valence-corrected chi connectivity index (χ0v) is 15.8. The molecule has 1 heterocycles. The van der Waals surface area contributed by atoms with E-state index >= 15 is 0 Å². The van der Waals surface area contributed by atoms with Gasteiger partial charge in [-0.3, -0.25) is 4.79 Å².